The van der Waals surface area contributed by atoms with E-state index in [1.165, 1.54) is 20.3 Å². The second kappa shape index (κ2) is 3.07. The van der Waals surface area contributed by atoms with Gasteiger partial charge in [-0.3, -0.25) is 0 Å². The first kappa shape index (κ1) is 8.30. The lowest BCUT2D eigenvalue weighted by Gasteiger charge is -2.28. The molecule has 0 saturated heterocycles. The van der Waals surface area contributed by atoms with Crippen molar-refractivity contribution in [1.29, 1.82) is 0 Å². The largest absolute Gasteiger partial charge is 0.507 e. The first-order chi connectivity index (χ1) is 5.25. The number of hydrogen-bond donors (Lipinski definition) is 1. The van der Waals surface area contributed by atoms with Gasteiger partial charge in [-0.1, -0.05) is 6.08 Å². The highest BCUT2D eigenvalue weighted by Crippen LogP contribution is 2.25. The fourth-order valence-corrected chi connectivity index (χ4v) is 0.959. The molecule has 0 spiro atoms. The van der Waals surface area contributed by atoms with Gasteiger partial charge in [0.25, 0.3) is 0 Å². The summed E-state index contributed by atoms with van der Waals surface area (Å²) in [6, 6.07) is 0. The minimum absolute atomic E-state index is 0.0602. The summed E-state index contributed by atoms with van der Waals surface area (Å²) in [4.78, 5) is 0. The van der Waals surface area contributed by atoms with Gasteiger partial charge in [-0.2, -0.15) is 0 Å². The zero-order chi connectivity index (χ0) is 8.32. The van der Waals surface area contributed by atoms with E-state index in [2.05, 4.69) is 0 Å². The third kappa shape index (κ3) is 1.29. The second-order valence-corrected chi connectivity index (χ2v) is 2.18. The van der Waals surface area contributed by atoms with Crippen molar-refractivity contribution in [1.82, 2.24) is 0 Å². The first-order valence-electron chi connectivity index (χ1n) is 3.28. The maximum absolute atomic E-state index is 9.35. The van der Waals surface area contributed by atoms with E-state index in [0.29, 0.717) is 0 Å². The SMILES string of the molecule is COC1(OC)C=C[CH]C=C1O. The Bertz CT molecular complexity index is 190. The maximum Gasteiger partial charge on any atom is 0.247 e. The molecule has 11 heavy (non-hydrogen) atoms. The van der Waals surface area contributed by atoms with E-state index < -0.39 is 5.79 Å². The molecule has 0 aromatic carbocycles. The first-order valence-corrected chi connectivity index (χ1v) is 3.28. The van der Waals surface area contributed by atoms with Gasteiger partial charge in [-0.25, -0.2) is 0 Å². The van der Waals surface area contributed by atoms with Gasteiger partial charge in [0.05, 0.1) is 0 Å². The van der Waals surface area contributed by atoms with E-state index in [1.807, 2.05) is 0 Å². The fraction of sp³-hybridized carbons (Fsp3) is 0.375. The number of hydrogen-bond acceptors (Lipinski definition) is 3. The standard InChI is InChI=1S/C8H11O3/c1-10-8(11-2)6-4-3-5-7(8)9/h3-6,9H,1-2H3. The number of ether oxygens (including phenoxy) is 2. The number of allylic oxidation sites excluding steroid dienone is 2. The van der Waals surface area contributed by atoms with E-state index in [9.17, 15) is 5.11 Å². The van der Waals surface area contributed by atoms with Crippen LogP contribution in [0, 0.1) is 6.42 Å². The van der Waals surface area contributed by atoms with Gasteiger partial charge >= 0.3 is 0 Å². The van der Waals surface area contributed by atoms with Crippen LogP contribution in [0.1, 0.15) is 0 Å². The molecule has 1 radical (unpaired) electrons. The predicted molar refractivity (Wildman–Crippen MR) is 40.9 cm³/mol. The van der Waals surface area contributed by atoms with E-state index in [4.69, 9.17) is 9.47 Å². The molecule has 0 saturated carbocycles. The molecule has 0 atom stereocenters. The summed E-state index contributed by atoms with van der Waals surface area (Å²) in [5.74, 6) is -1.01. The summed E-state index contributed by atoms with van der Waals surface area (Å²) in [7, 11) is 2.95. The third-order valence-corrected chi connectivity index (χ3v) is 1.64. The van der Waals surface area contributed by atoms with Gasteiger partial charge in [0.1, 0.15) is 0 Å². The summed E-state index contributed by atoms with van der Waals surface area (Å²) < 4.78 is 9.99. The van der Waals surface area contributed by atoms with Crippen molar-refractivity contribution in [2.45, 2.75) is 5.79 Å². The number of rotatable bonds is 2. The average Bonchev–Trinajstić information content (AvgIpc) is 2.06. The Kier molecular flexibility index (Phi) is 2.31. The van der Waals surface area contributed by atoms with Crippen LogP contribution in [0.25, 0.3) is 0 Å². The summed E-state index contributed by atoms with van der Waals surface area (Å²) in [6.07, 6.45) is 6.65. The highest BCUT2D eigenvalue weighted by Gasteiger charge is 2.32. The Morgan fingerprint density at radius 2 is 2.00 bits per heavy atom. The molecule has 1 N–H and O–H groups in total. The molecular formula is C8H11O3. The van der Waals surface area contributed by atoms with Crippen molar-refractivity contribution < 1.29 is 14.6 Å². The van der Waals surface area contributed by atoms with Gasteiger partial charge in [0, 0.05) is 20.6 Å². The van der Waals surface area contributed by atoms with Crippen LogP contribution in [0.5, 0.6) is 0 Å². The monoisotopic (exact) mass is 155 g/mol. The topological polar surface area (TPSA) is 38.7 Å². The van der Waals surface area contributed by atoms with Crippen molar-refractivity contribution in [2.75, 3.05) is 14.2 Å². The van der Waals surface area contributed by atoms with Crippen LogP contribution in [0.3, 0.4) is 0 Å². The van der Waals surface area contributed by atoms with Gasteiger partial charge in [-0.05, 0) is 12.2 Å². The molecule has 1 aliphatic rings. The third-order valence-electron chi connectivity index (χ3n) is 1.64. The Labute approximate surface area is 65.9 Å². The molecule has 0 aliphatic heterocycles. The summed E-state index contributed by atoms with van der Waals surface area (Å²) in [5, 5.41) is 9.35. The summed E-state index contributed by atoms with van der Waals surface area (Å²) in [6.45, 7) is 0. The van der Waals surface area contributed by atoms with Crippen molar-refractivity contribution in [2.24, 2.45) is 0 Å². The summed E-state index contributed by atoms with van der Waals surface area (Å²) in [5.41, 5.74) is 0. The van der Waals surface area contributed by atoms with E-state index in [1.54, 1.807) is 18.6 Å². The average molecular weight is 155 g/mol. The Balaban J connectivity index is 2.87. The van der Waals surface area contributed by atoms with E-state index >= 15 is 0 Å². The van der Waals surface area contributed by atoms with Crippen molar-refractivity contribution in [3.63, 3.8) is 0 Å². The second-order valence-electron chi connectivity index (χ2n) is 2.18. The molecule has 0 bridgehead atoms. The van der Waals surface area contributed by atoms with Gasteiger partial charge < -0.3 is 14.6 Å². The van der Waals surface area contributed by atoms with Crippen molar-refractivity contribution >= 4 is 0 Å². The molecule has 1 aliphatic carbocycles. The Morgan fingerprint density at radius 3 is 2.36 bits per heavy atom. The normalized spacial score (nSPS) is 21.5. The van der Waals surface area contributed by atoms with Crippen molar-refractivity contribution in [3.8, 4) is 0 Å². The van der Waals surface area contributed by atoms with Gasteiger partial charge in [0.15, 0.2) is 5.76 Å². The smallest absolute Gasteiger partial charge is 0.247 e. The van der Waals surface area contributed by atoms with Crippen LogP contribution in [-0.2, 0) is 9.47 Å². The van der Waals surface area contributed by atoms with Crippen LogP contribution < -0.4 is 0 Å². The zero-order valence-electron chi connectivity index (χ0n) is 6.57. The minimum atomic E-state index is -1.07. The Morgan fingerprint density at radius 1 is 1.36 bits per heavy atom. The van der Waals surface area contributed by atoms with Crippen LogP contribution in [0.4, 0.5) is 0 Å². The molecule has 3 nitrogen and oxygen atoms in total. The predicted octanol–water partition coefficient (Wildman–Crippen LogP) is 1.19. The van der Waals surface area contributed by atoms with Crippen molar-refractivity contribution in [3.05, 3.63) is 30.4 Å². The van der Waals surface area contributed by atoms with Crippen LogP contribution >= 0.6 is 0 Å². The molecule has 0 aromatic rings. The molecule has 0 aromatic heterocycles. The molecule has 0 heterocycles. The number of aliphatic hydroxyl groups is 1. The minimum Gasteiger partial charge on any atom is -0.507 e. The number of methoxy groups -OCH3 is 2. The van der Waals surface area contributed by atoms with Gasteiger partial charge in [0.2, 0.25) is 5.79 Å². The Hall–Kier alpha value is -0.800. The highest BCUT2D eigenvalue weighted by atomic mass is 16.7. The molecule has 0 fully saturated rings. The van der Waals surface area contributed by atoms with Crippen LogP contribution in [-0.4, -0.2) is 25.1 Å². The lowest BCUT2D eigenvalue weighted by Crippen LogP contribution is -2.34. The lowest BCUT2D eigenvalue weighted by molar-refractivity contribution is -0.162. The maximum atomic E-state index is 9.35. The molecule has 61 valence electrons. The van der Waals surface area contributed by atoms with E-state index in [-0.39, 0.29) is 5.76 Å². The molecule has 1 rings (SSSR count). The molecule has 0 amide bonds. The van der Waals surface area contributed by atoms with Crippen LogP contribution in [0.15, 0.2) is 24.0 Å². The van der Waals surface area contributed by atoms with Crippen LogP contribution in [0.2, 0.25) is 0 Å². The van der Waals surface area contributed by atoms with Gasteiger partial charge in [-0.15, -0.1) is 0 Å². The molecule has 3 heteroatoms. The number of aliphatic hydroxyl groups excluding tert-OH is 1. The van der Waals surface area contributed by atoms with E-state index in [0.717, 1.165) is 0 Å². The molecular weight excluding hydrogens is 144 g/mol. The fourth-order valence-electron chi connectivity index (χ4n) is 0.959. The summed E-state index contributed by atoms with van der Waals surface area (Å²) >= 11 is 0. The zero-order valence-corrected chi connectivity index (χ0v) is 6.57. The quantitative estimate of drug-likeness (QED) is 0.609. The lowest BCUT2D eigenvalue weighted by atomic mass is 10.1. The molecule has 0 unspecified atom stereocenters. The highest BCUT2D eigenvalue weighted by molar-refractivity contribution is 5.28.